The molecule has 0 saturated carbocycles. The molecule has 9 heavy (non-hydrogen) atoms. The van der Waals surface area contributed by atoms with E-state index >= 15 is 0 Å². The molecular formula is C4H7F3N2. The standard InChI is InChI=1S/C4H7F3N2/c1-3(9-8-2)4(5,6)7/h8H,1-2H3/b9-3+. The molecule has 0 aromatic heterocycles. The van der Waals surface area contributed by atoms with Gasteiger partial charge < -0.3 is 5.43 Å². The number of rotatable bonds is 1. The number of nitrogens with zero attached hydrogens (tertiary/aromatic N) is 1. The summed E-state index contributed by atoms with van der Waals surface area (Å²) < 4.78 is 34.4. The van der Waals surface area contributed by atoms with Gasteiger partial charge in [-0.2, -0.15) is 18.3 Å². The lowest BCUT2D eigenvalue weighted by atomic mass is 10.4. The van der Waals surface area contributed by atoms with Gasteiger partial charge in [0.2, 0.25) is 0 Å². The molecule has 0 aromatic rings. The third-order valence-electron chi connectivity index (χ3n) is 0.690. The van der Waals surface area contributed by atoms with Gasteiger partial charge in [0.1, 0.15) is 5.71 Å². The second kappa shape index (κ2) is 2.70. The Bertz CT molecular complexity index is 115. The molecule has 0 aliphatic rings. The van der Waals surface area contributed by atoms with Gasteiger partial charge in [0.15, 0.2) is 0 Å². The van der Waals surface area contributed by atoms with Crippen molar-refractivity contribution in [3.8, 4) is 0 Å². The van der Waals surface area contributed by atoms with Gasteiger partial charge in [-0.1, -0.05) is 0 Å². The maximum atomic E-state index is 11.5. The van der Waals surface area contributed by atoms with Crippen molar-refractivity contribution in [2.24, 2.45) is 5.10 Å². The summed E-state index contributed by atoms with van der Waals surface area (Å²) in [4.78, 5) is 0. The lowest BCUT2D eigenvalue weighted by Gasteiger charge is -2.03. The van der Waals surface area contributed by atoms with Gasteiger partial charge in [-0.3, -0.25) is 0 Å². The third kappa shape index (κ3) is 2.94. The topological polar surface area (TPSA) is 24.4 Å². The lowest BCUT2D eigenvalue weighted by molar-refractivity contribution is -0.0596. The summed E-state index contributed by atoms with van der Waals surface area (Å²) in [6.45, 7) is 0.899. The van der Waals surface area contributed by atoms with Gasteiger partial charge in [0.05, 0.1) is 0 Å². The van der Waals surface area contributed by atoms with E-state index in [1.807, 2.05) is 5.43 Å². The molecule has 0 aromatic carbocycles. The van der Waals surface area contributed by atoms with Gasteiger partial charge in [0, 0.05) is 7.05 Å². The lowest BCUT2D eigenvalue weighted by Crippen LogP contribution is -2.21. The quantitative estimate of drug-likeness (QED) is 0.428. The molecule has 2 nitrogen and oxygen atoms in total. The average Bonchev–Trinajstić information content (AvgIpc) is 1.64. The first-order valence-corrected chi connectivity index (χ1v) is 2.26. The van der Waals surface area contributed by atoms with Crippen molar-refractivity contribution in [1.82, 2.24) is 5.43 Å². The Morgan fingerprint density at radius 3 is 2.00 bits per heavy atom. The van der Waals surface area contributed by atoms with E-state index < -0.39 is 11.9 Å². The first-order chi connectivity index (χ1) is 3.98. The Balaban J connectivity index is 4.03. The Hall–Kier alpha value is -0.740. The van der Waals surface area contributed by atoms with Crippen molar-refractivity contribution in [2.45, 2.75) is 13.1 Å². The van der Waals surface area contributed by atoms with Crippen LogP contribution in [0.3, 0.4) is 0 Å². The monoisotopic (exact) mass is 140 g/mol. The van der Waals surface area contributed by atoms with Gasteiger partial charge in [-0.05, 0) is 6.92 Å². The van der Waals surface area contributed by atoms with E-state index in [4.69, 9.17) is 0 Å². The molecule has 0 rings (SSSR count). The van der Waals surface area contributed by atoms with E-state index in [0.29, 0.717) is 0 Å². The van der Waals surface area contributed by atoms with Gasteiger partial charge in [-0.15, -0.1) is 0 Å². The first-order valence-electron chi connectivity index (χ1n) is 2.26. The van der Waals surface area contributed by atoms with Crippen LogP contribution in [0.2, 0.25) is 0 Å². The molecular weight excluding hydrogens is 133 g/mol. The fraction of sp³-hybridized carbons (Fsp3) is 0.750. The SMILES string of the molecule is CN/N=C(\C)C(F)(F)F. The maximum absolute atomic E-state index is 11.5. The van der Waals surface area contributed by atoms with Crippen molar-refractivity contribution < 1.29 is 13.2 Å². The highest BCUT2D eigenvalue weighted by Crippen LogP contribution is 2.15. The average molecular weight is 140 g/mol. The molecule has 0 atom stereocenters. The summed E-state index contributed by atoms with van der Waals surface area (Å²) in [5.41, 5.74) is 1.17. The number of halogens is 3. The van der Waals surface area contributed by atoms with Crippen LogP contribution in [-0.4, -0.2) is 18.9 Å². The molecule has 54 valence electrons. The van der Waals surface area contributed by atoms with Gasteiger partial charge in [0.25, 0.3) is 0 Å². The fourth-order valence-electron chi connectivity index (χ4n) is 0.231. The number of hydrazone groups is 1. The molecule has 0 radical (unpaired) electrons. The van der Waals surface area contributed by atoms with Crippen molar-refractivity contribution in [1.29, 1.82) is 0 Å². The highest BCUT2D eigenvalue weighted by molar-refractivity contribution is 5.86. The smallest absolute Gasteiger partial charge is 0.313 e. The molecule has 0 heterocycles. The largest absolute Gasteiger partial charge is 0.430 e. The van der Waals surface area contributed by atoms with Crippen LogP contribution in [0.1, 0.15) is 6.92 Å². The minimum Gasteiger partial charge on any atom is -0.313 e. The minimum atomic E-state index is -4.30. The van der Waals surface area contributed by atoms with E-state index in [9.17, 15) is 13.2 Å². The van der Waals surface area contributed by atoms with Crippen LogP contribution in [0.25, 0.3) is 0 Å². The molecule has 0 amide bonds. The Labute approximate surface area is 50.7 Å². The van der Waals surface area contributed by atoms with E-state index in [0.717, 1.165) is 6.92 Å². The predicted molar refractivity (Wildman–Crippen MR) is 28.2 cm³/mol. The van der Waals surface area contributed by atoms with Crippen LogP contribution in [-0.2, 0) is 0 Å². The molecule has 0 unspecified atom stereocenters. The predicted octanol–water partition coefficient (Wildman–Crippen LogP) is 1.14. The van der Waals surface area contributed by atoms with Crippen molar-refractivity contribution in [2.75, 3.05) is 7.05 Å². The number of hydrogen-bond donors (Lipinski definition) is 1. The fourth-order valence-corrected chi connectivity index (χ4v) is 0.231. The number of nitrogens with one attached hydrogen (secondary N) is 1. The summed E-state index contributed by atoms with van der Waals surface area (Å²) in [7, 11) is 1.31. The summed E-state index contributed by atoms with van der Waals surface area (Å²) in [5, 5.41) is 2.94. The third-order valence-corrected chi connectivity index (χ3v) is 0.690. The molecule has 0 saturated heterocycles. The highest BCUT2D eigenvalue weighted by atomic mass is 19.4. The molecule has 1 N–H and O–H groups in total. The first kappa shape index (κ1) is 8.26. The summed E-state index contributed by atoms with van der Waals surface area (Å²) in [5.74, 6) is 0. The molecule has 0 bridgehead atoms. The second-order valence-corrected chi connectivity index (χ2v) is 1.42. The molecule has 0 aliphatic heterocycles. The minimum absolute atomic E-state index is 0.870. The Morgan fingerprint density at radius 2 is 1.89 bits per heavy atom. The molecule has 5 heteroatoms. The van der Waals surface area contributed by atoms with Crippen LogP contribution in [0.4, 0.5) is 13.2 Å². The van der Waals surface area contributed by atoms with Crippen molar-refractivity contribution in [3.63, 3.8) is 0 Å². The van der Waals surface area contributed by atoms with E-state index in [2.05, 4.69) is 5.10 Å². The maximum Gasteiger partial charge on any atom is 0.430 e. The zero-order chi connectivity index (χ0) is 7.49. The van der Waals surface area contributed by atoms with Crippen LogP contribution >= 0.6 is 0 Å². The van der Waals surface area contributed by atoms with Crippen molar-refractivity contribution in [3.05, 3.63) is 0 Å². The van der Waals surface area contributed by atoms with Crippen molar-refractivity contribution >= 4 is 5.71 Å². The molecule has 0 aliphatic carbocycles. The van der Waals surface area contributed by atoms with Crippen LogP contribution in [0.15, 0.2) is 5.10 Å². The zero-order valence-electron chi connectivity index (χ0n) is 5.08. The Morgan fingerprint density at radius 1 is 1.44 bits per heavy atom. The zero-order valence-corrected chi connectivity index (χ0v) is 5.08. The second-order valence-electron chi connectivity index (χ2n) is 1.42. The summed E-state index contributed by atoms with van der Waals surface area (Å²) in [6.07, 6.45) is -4.30. The summed E-state index contributed by atoms with van der Waals surface area (Å²) >= 11 is 0. The van der Waals surface area contributed by atoms with Gasteiger partial charge in [-0.25, -0.2) is 0 Å². The van der Waals surface area contributed by atoms with E-state index in [-0.39, 0.29) is 0 Å². The van der Waals surface area contributed by atoms with Crippen LogP contribution in [0.5, 0.6) is 0 Å². The molecule has 0 fully saturated rings. The normalized spacial score (nSPS) is 13.7. The number of alkyl halides is 3. The molecule has 0 spiro atoms. The van der Waals surface area contributed by atoms with Gasteiger partial charge >= 0.3 is 6.18 Å². The van der Waals surface area contributed by atoms with Crippen LogP contribution < -0.4 is 5.43 Å². The Kier molecular flexibility index (Phi) is 2.48. The number of hydrogen-bond acceptors (Lipinski definition) is 2. The summed E-state index contributed by atoms with van der Waals surface area (Å²) in [6, 6.07) is 0. The van der Waals surface area contributed by atoms with E-state index in [1.165, 1.54) is 7.05 Å². The highest BCUT2D eigenvalue weighted by Gasteiger charge is 2.31. The van der Waals surface area contributed by atoms with E-state index in [1.54, 1.807) is 0 Å². The van der Waals surface area contributed by atoms with Crippen LogP contribution in [0, 0.1) is 0 Å².